The van der Waals surface area contributed by atoms with Gasteiger partial charge in [-0.25, -0.2) is 4.98 Å². The fraction of sp³-hybridized carbons (Fsp3) is 0.0800. The van der Waals surface area contributed by atoms with Gasteiger partial charge in [0.2, 0.25) is 5.91 Å². The zero-order valence-corrected chi connectivity index (χ0v) is 16.3. The number of amides is 2. The topological polar surface area (TPSA) is 71.1 Å². The van der Waals surface area contributed by atoms with E-state index in [1.165, 1.54) is 0 Å². The average Bonchev–Trinajstić information content (AvgIpc) is 2.81. The molecule has 0 saturated carbocycles. The number of carbonyl (C=O) groups excluding carboxylic acids is 2. The zero-order valence-electron chi connectivity index (χ0n) is 16.3. The first-order valence-electron chi connectivity index (χ1n) is 9.75. The van der Waals surface area contributed by atoms with Crippen LogP contribution in [0.5, 0.6) is 0 Å². The van der Waals surface area contributed by atoms with Crippen LogP contribution in [0.1, 0.15) is 34.0 Å². The highest BCUT2D eigenvalue weighted by Gasteiger charge is 2.18. The molecule has 1 aromatic heterocycles. The molecule has 2 amide bonds. The summed E-state index contributed by atoms with van der Waals surface area (Å²) in [5.41, 5.74) is 8.05. The first-order valence-corrected chi connectivity index (χ1v) is 9.75. The summed E-state index contributed by atoms with van der Waals surface area (Å²) >= 11 is 0. The molecule has 0 aliphatic carbocycles. The predicted octanol–water partition coefficient (Wildman–Crippen LogP) is 4.22. The Kier molecular flexibility index (Phi) is 5.80. The lowest BCUT2D eigenvalue weighted by atomic mass is 9.88. The highest BCUT2D eigenvalue weighted by molar-refractivity contribution is 5.95. The zero-order chi connectivity index (χ0) is 20.8. The summed E-state index contributed by atoms with van der Waals surface area (Å²) in [5.74, 6) is -0.838. The minimum atomic E-state index is -0.454. The fourth-order valence-corrected chi connectivity index (χ4v) is 3.42. The van der Waals surface area contributed by atoms with Gasteiger partial charge < -0.3 is 0 Å². The Bertz CT molecular complexity index is 1120. The molecule has 0 aliphatic heterocycles. The Hall–Kier alpha value is -3.99. The summed E-state index contributed by atoms with van der Waals surface area (Å²) in [5, 5.41) is 0.951. The van der Waals surface area contributed by atoms with Gasteiger partial charge in [0, 0.05) is 17.7 Å². The van der Waals surface area contributed by atoms with Gasteiger partial charge in [-0.05, 0) is 23.3 Å². The molecule has 0 aliphatic rings. The number of carbonyl (C=O) groups is 2. The van der Waals surface area contributed by atoms with Gasteiger partial charge in [-0.2, -0.15) is 0 Å². The number of para-hydroxylation sites is 1. The standard InChI is InChI=1S/C25H21N3O2/c29-24(17-21(18-9-3-1-4-10-18)19-11-5-2-6-12-19)27-28-25(30)23-16-15-20-13-7-8-14-22(20)26-23/h1-16,21H,17H2,(H,27,29)(H,28,30). The Balaban J connectivity index is 1.43. The average molecular weight is 395 g/mol. The van der Waals surface area contributed by atoms with Crippen LogP contribution in [-0.2, 0) is 4.79 Å². The van der Waals surface area contributed by atoms with Crippen LogP contribution in [-0.4, -0.2) is 16.8 Å². The van der Waals surface area contributed by atoms with Crippen molar-refractivity contribution in [3.63, 3.8) is 0 Å². The molecule has 4 aromatic rings. The molecule has 0 fully saturated rings. The summed E-state index contributed by atoms with van der Waals surface area (Å²) < 4.78 is 0. The molecule has 5 heteroatoms. The summed E-state index contributed by atoms with van der Waals surface area (Å²) in [6.45, 7) is 0. The van der Waals surface area contributed by atoms with Crippen molar-refractivity contribution in [1.29, 1.82) is 0 Å². The third kappa shape index (κ3) is 4.52. The number of aromatic nitrogens is 1. The maximum absolute atomic E-state index is 12.6. The Labute approximate surface area is 174 Å². The van der Waals surface area contributed by atoms with E-state index in [1.807, 2.05) is 91.0 Å². The van der Waals surface area contributed by atoms with Crippen LogP contribution >= 0.6 is 0 Å². The van der Waals surface area contributed by atoms with Crippen LogP contribution in [0.15, 0.2) is 97.1 Å². The molecule has 2 N–H and O–H groups in total. The van der Waals surface area contributed by atoms with Crippen molar-refractivity contribution < 1.29 is 9.59 Å². The van der Waals surface area contributed by atoms with Crippen molar-refractivity contribution in [1.82, 2.24) is 15.8 Å². The van der Waals surface area contributed by atoms with Gasteiger partial charge in [0.25, 0.3) is 5.91 Å². The second kappa shape index (κ2) is 9.01. The number of hydrogen-bond donors (Lipinski definition) is 2. The lowest BCUT2D eigenvalue weighted by Gasteiger charge is -2.18. The van der Waals surface area contributed by atoms with Crippen molar-refractivity contribution in [2.75, 3.05) is 0 Å². The van der Waals surface area contributed by atoms with Gasteiger partial charge in [0.15, 0.2) is 0 Å². The normalized spacial score (nSPS) is 10.7. The first kappa shape index (κ1) is 19.3. The van der Waals surface area contributed by atoms with Gasteiger partial charge in [0.1, 0.15) is 5.69 Å². The molecule has 0 bridgehead atoms. The van der Waals surface area contributed by atoms with E-state index in [1.54, 1.807) is 6.07 Å². The lowest BCUT2D eigenvalue weighted by molar-refractivity contribution is -0.122. The molecule has 0 radical (unpaired) electrons. The van der Waals surface area contributed by atoms with Crippen LogP contribution in [0.25, 0.3) is 10.9 Å². The molecule has 0 spiro atoms. The number of fused-ring (bicyclic) bond motifs is 1. The van der Waals surface area contributed by atoms with Gasteiger partial charge in [-0.1, -0.05) is 84.9 Å². The second-order valence-corrected chi connectivity index (χ2v) is 6.97. The van der Waals surface area contributed by atoms with Gasteiger partial charge in [-0.3, -0.25) is 20.4 Å². The maximum Gasteiger partial charge on any atom is 0.288 e. The van der Waals surface area contributed by atoms with E-state index in [4.69, 9.17) is 0 Å². The quantitative estimate of drug-likeness (QED) is 0.497. The maximum atomic E-state index is 12.6. The largest absolute Gasteiger partial charge is 0.288 e. The van der Waals surface area contributed by atoms with Crippen molar-refractivity contribution in [3.05, 3.63) is 114 Å². The lowest BCUT2D eigenvalue weighted by Crippen LogP contribution is -2.42. The molecule has 0 atom stereocenters. The van der Waals surface area contributed by atoms with Crippen molar-refractivity contribution in [3.8, 4) is 0 Å². The van der Waals surface area contributed by atoms with Crippen LogP contribution in [0.2, 0.25) is 0 Å². The van der Waals surface area contributed by atoms with E-state index < -0.39 is 5.91 Å². The number of hydrazine groups is 1. The van der Waals surface area contributed by atoms with Crippen molar-refractivity contribution in [2.45, 2.75) is 12.3 Å². The highest BCUT2D eigenvalue weighted by Crippen LogP contribution is 2.27. The van der Waals surface area contributed by atoms with Gasteiger partial charge in [-0.15, -0.1) is 0 Å². The second-order valence-electron chi connectivity index (χ2n) is 6.97. The molecule has 148 valence electrons. The molecule has 1 heterocycles. The Morgan fingerprint density at radius 2 is 1.30 bits per heavy atom. The Morgan fingerprint density at radius 1 is 0.700 bits per heavy atom. The van der Waals surface area contributed by atoms with Crippen LogP contribution in [0, 0.1) is 0 Å². The van der Waals surface area contributed by atoms with E-state index in [0.717, 1.165) is 22.0 Å². The predicted molar refractivity (Wildman–Crippen MR) is 117 cm³/mol. The van der Waals surface area contributed by atoms with Crippen molar-refractivity contribution in [2.24, 2.45) is 0 Å². The molecule has 4 rings (SSSR count). The Morgan fingerprint density at radius 3 is 1.97 bits per heavy atom. The van der Waals surface area contributed by atoms with Crippen LogP contribution in [0.3, 0.4) is 0 Å². The van der Waals surface area contributed by atoms with E-state index in [2.05, 4.69) is 15.8 Å². The number of rotatable bonds is 5. The van der Waals surface area contributed by atoms with Gasteiger partial charge in [0.05, 0.1) is 5.52 Å². The molecule has 3 aromatic carbocycles. The highest BCUT2D eigenvalue weighted by atomic mass is 16.2. The van der Waals surface area contributed by atoms with E-state index in [0.29, 0.717) is 0 Å². The summed E-state index contributed by atoms with van der Waals surface area (Å²) in [4.78, 5) is 29.4. The molecule has 5 nitrogen and oxygen atoms in total. The minimum absolute atomic E-state index is 0.108. The third-order valence-corrected chi connectivity index (χ3v) is 4.94. The number of nitrogens with zero attached hydrogens (tertiary/aromatic N) is 1. The van der Waals surface area contributed by atoms with E-state index >= 15 is 0 Å². The SMILES string of the molecule is O=C(CC(c1ccccc1)c1ccccc1)NNC(=O)c1ccc2ccccc2n1. The number of pyridine rings is 1. The fourth-order valence-electron chi connectivity index (χ4n) is 3.42. The monoisotopic (exact) mass is 395 g/mol. The van der Waals surface area contributed by atoms with Crippen molar-refractivity contribution >= 4 is 22.7 Å². The summed E-state index contributed by atoms with van der Waals surface area (Å²) in [6.07, 6.45) is 0.208. The first-order chi connectivity index (χ1) is 14.7. The smallest absolute Gasteiger partial charge is 0.273 e. The molecular weight excluding hydrogens is 374 g/mol. The third-order valence-electron chi connectivity index (χ3n) is 4.94. The minimum Gasteiger partial charge on any atom is -0.273 e. The number of hydrogen-bond acceptors (Lipinski definition) is 3. The molecular formula is C25H21N3O2. The van der Waals surface area contributed by atoms with E-state index in [-0.39, 0.29) is 23.9 Å². The number of nitrogens with one attached hydrogen (secondary N) is 2. The van der Waals surface area contributed by atoms with E-state index in [9.17, 15) is 9.59 Å². The number of benzene rings is 3. The molecule has 0 unspecified atom stereocenters. The van der Waals surface area contributed by atoms with Gasteiger partial charge >= 0.3 is 0 Å². The van der Waals surface area contributed by atoms with Crippen LogP contribution < -0.4 is 10.9 Å². The van der Waals surface area contributed by atoms with Crippen LogP contribution in [0.4, 0.5) is 0 Å². The summed E-state index contributed by atoms with van der Waals surface area (Å²) in [6, 6.07) is 30.8. The molecule has 30 heavy (non-hydrogen) atoms. The molecule has 0 saturated heterocycles. The summed E-state index contributed by atoms with van der Waals surface area (Å²) in [7, 11) is 0.